The van der Waals surface area contributed by atoms with Crippen LogP contribution in [-0.2, 0) is 11.2 Å². The quantitative estimate of drug-likeness (QED) is 0.747. The van der Waals surface area contributed by atoms with Gasteiger partial charge >= 0.3 is 0 Å². The van der Waals surface area contributed by atoms with Crippen LogP contribution in [0.3, 0.4) is 0 Å². The van der Waals surface area contributed by atoms with Gasteiger partial charge in [-0.2, -0.15) is 0 Å². The van der Waals surface area contributed by atoms with E-state index in [0.29, 0.717) is 13.0 Å². The average Bonchev–Trinajstić information content (AvgIpc) is 3.13. The van der Waals surface area contributed by atoms with Crippen LogP contribution in [0, 0.1) is 0 Å². The zero-order chi connectivity index (χ0) is 16.8. The van der Waals surface area contributed by atoms with E-state index in [9.17, 15) is 4.79 Å². The summed E-state index contributed by atoms with van der Waals surface area (Å²) in [7, 11) is 1.65. The zero-order valence-corrected chi connectivity index (χ0v) is 13.7. The molecule has 6 nitrogen and oxygen atoms in total. The summed E-state index contributed by atoms with van der Waals surface area (Å²) in [6.45, 7) is 0.581. The Morgan fingerprint density at radius 1 is 1.29 bits per heavy atom. The SMILES string of the molecule is COc1cccc(C2CC(C(=O)NCCc3ccccn3)NN2)c1. The third kappa shape index (κ3) is 4.10. The third-order valence-electron chi connectivity index (χ3n) is 4.12. The molecule has 1 amide bonds. The second-order valence-corrected chi connectivity index (χ2v) is 5.77. The highest BCUT2D eigenvalue weighted by Crippen LogP contribution is 2.25. The molecular formula is C18H22N4O2. The number of pyridine rings is 1. The lowest BCUT2D eigenvalue weighted by molar-refractivity contribution is -0.122. The number of nitrogens with zero attached hydrogens (tertiary/aromatic N) is 1. The van der Waals surface area contributed by atoms with Gasteiger partial charge in [-0.3, -0.25) is 9.78 Å². The van der Waals surface area contributed by atoms with Crippen molar-refractivity contribution in [2.45, 2.75) is 24.9 Å². The molecule has 0 bridgehead atoms. The number of aromatic nitrogens is 1. The molecule has 0 saturated carbocycles. The minimum Gasteiger partial charge on any atom is -0.497 e. The van der Waals surface area contributed by atoms with E-state index < -0.39 is 0 Å². The molecule has 1 aromatic carbocycles. The van der Waals surface area contributed by atoms with Crippen LogP contribution < -0.4 is 20.9 Å². The van der Waals surface area contributed by atoms with Crippen LogP contribution in [0.15, 0.2) is 48.7 Å². The predicted molar refractivity (Wildman–Crippen MR) is 91.4 cm³/mol. The maximum absolute atomic E-state index is 12.3. The van der Waals surface area contributed by atoms with Gasteiger partial charge in [-0.05, 0) is 36.2 Å². The highest BCUT2D eigenvalue weighted by molar-refractivity contribution is 5.82. The minimum atomic E-state index is -0.245. The largest absolute Gasteiger partial charge is 0.497 e. The number of hydrazine groups is 1. The molecule has 3 rings (SSSR count). The molecule has 1 saturated heterocycles. The normalized spacial score (nSPS) is 19.9. The smallest absolute Gasteiger partial charge is 0.238 e. The van der Waals surface area contributed by atoms with Gasteiger partial charge in [0, 0.05) is 30.9 Å². The summed E-state index contributed by atoms with van der Waals surface area (Å²) in [5.41, 5.74) is 8.34. The van der Waals surface area contributed by atoms with Gasteiger partial charge in [0.15, 0.2) is 0 Å². The van der Waals surface area contributed by atoms with Crippen LogP contribution in [0.4, 0.5) is 0 Å². The molecule has 1 fully saturated rings. The highest BCUT2D eigenvalue weighted by Gasteiger charge is 2.30. The Morgan fingerprint density at radius 3 is 3.00 bits per heavy atom. The van der Waals surface area contributed by atoms with E-state index >= 15 is 0 Å². The van der Waals surface area contributed by atoms with Crippen LogP contribution in [0.2, 0.25) is 0 Å². The lowest BCUT2D eigenvalue weighted by atomic mass is 10.0. The van der Waals surface area contributed by atoms with E-state index in [-0.39, 0.29) is 18.0 Å². The van der Waals surface area contributed by atoms with E-state index in [2.05, 4.69) is 21.2 Å². The number of carbonyl (C=O) groups excluding carboxylic acids is 1. The van der Waals surface area contributed by atoms with Gasteiger partial charge in [0.1, 0.15) is 11.8 Å². The second-order valence-electron chi connectivity index (χ2n) is 5.77. The van der Waals surface area contributed by atoms with Gasteiger partial charge in [0.05, 0.1) is 7.11 Å². The predicted octanol–water partition coefficient (Wildman–Crippen LogP) is 1.36. The lowest BCUT2D eigenvalue weighted by Gasteiger charge is -2.11. The van der Waals surface area contributed by atoms with Gasteiger partial charge in [0.2, 0.25) is 5.91 Å². The first-order valence-corrected chi connectivity index (χ1v) is 8.09. The minimum absolute atomic E-state index is 0.00354. The molecule has 6 heteroatoms. The lowest BCUT2D eigenvalue weighted by Crippen LogP contribution is -2.43. The summed E-state index contributed by atoms with van der Waals surface area (Å²) >= 11 is 0. The number of nitrogens with one attached hydrogen (secondary N) is 3. The molecule has 0 radical (unpaired) electrons. The molecule has 1 aliphatic heterocycles. The summed E-state index contributed by atoms with van der Waals surface area (Å²) < 4.78 is 5.25. The zero-order valence-electron chi connectivity index (χ0n) is 13.7. The highest BCUT2D eigenvalue weighted by atomic mass is 16.5. The van der Waals surface area contributed by atoms with E-state index in [1.54, 1.807) is 13.3 Å². The summed E-state index contributed by atoms with van der Waals surface area (Å²) in [6, 6.07) is 13.5. The van der Waals surface area contributed by atoms with Crippen molar-refractivity contribution >= 4 is 5.91 Å². The maximum atomic E-state index is 12.3. The van der Waals surface area contributed by atoms with Crippen molar-refractivity contribution in [3.05, 3.63) is 59.9 Å². The van der Waals surface area contributed by atoms with Crippen LogP contribution in [0.5, 0.6) is 5.75 Å². The molecule has 2 heterocycles. The van der Waals surface area contributed by atoms with Crippen LogP contribution in [-0.4, -0.2) is 30.6 Å². The Morgan fingerprint density at radius 2 is 2.21 bits per heavy atom. The van der Waals surface area contributed by atoms with Crippen molar-refractivity contribution in [2.24, 2.45) is 0 Å². The topological polar surface area (TPSA) is 75.3 Å². The van der Waals surface area contributed by atoms with E-state index in [1.165, 1.54) is 0 Å². The number of benzene rings is 1. The Balaban J connectivity index is 1.48. The molecule has 0 spiro atoms. The number of ether oxygens (including phenoxy) is 1. The summed E-state index contributed by atoms with van der Waals surface area (Å²) in [4.78, 5) is 16.5. The summed E-state index contributed by atoms with van der Waals surface area (Å²) in [5.74, 6) is 0.821. The molecule has 1 aliphatic rings. The second kappa shape index (κ2) is 7.90. The fourth-order valence-corrected chi connectivity index (χ4v) is 2.79. The van der Waals surface area contributed by atoms with Gasteiger partial charge in [-0.15, -0.1) is 0 Å². The molecule has 0 aliphatic carbocycles. The van der Waals surface area contributed by atoms with Crippen molar-refractivity contribution in [1.29, 1.82) is 0 Å². The Labute approximate surface area is 141 Å². The van der Waals surface area contributed by atoms with E-state index in [0.717, 1.165) is 23.4 Å². The maximum Gasteiger partial charge on any atom is 0.238 e. The molecular weight excluding hydrogens is 304 g/mol. The van der Waals surface area contributed by atoms with Crippen molar-refractivity contribution in [3.63, 3.8) is 0 Å². The molecule has 126 valence electrons. The third-order valence-corrected chi connectivity index (χ3v) is 4.12. The van der Waals surface area contributed by atoms with Gasteiger partial charge in [0.25, 0.3) is 0 Å². The summed E-state index contributed by atoms with van der Waals surface area (Å²) in [6.07, 6.45) is 3.19. The van der Waals surface area contributed by atoms with Gasteiger partial charge < -0.3 is 10.1 Å². The van der Waals surface area contributed by atoms with Crippen molar-refractivity contribution < 1.29 is 9.53 Å². The molecule has 3 N–H and O–H groups in total. The first-order valence-electron chi connectivity index (χ1n) is 8.09. The van der Waals surface area contributed by atoms with Crippen molar-refractivity contribution in [1.82, 2.24) is 21.2 Å². The van der Waals surface area contributed by atoms with Crippen LogP contribution >= 0.6 is 0 Å². The van der Waals surface area contributed by atoms with Gasteiger partial charge in [-0.1, -0.05) is 18.2 Å². The average molecular weight is 326 g/mol. The van der Waals surface area contributed by atoms with Gasteiger partial charge in [-0.25, -0.2) is 10.9 Å². The number of carbonyl (C=O) groups is 1. The number of methoxy groups -OCH3 is 1. The fourth-order valence-electron chi connectivity index (χ4n) is 2.79. The molecule has 1 aromatic heterocycles. The molecule has 24 heavy (non-hydrogen) atoms. The Hall–Kier alpha value is -2.44. The fraction of sp³-hybridized carbons (Fsp3) is 0.333. The Bertz CT molecular complexity index is 678. The monoisotopic (exact) mass is 326 g/mol. The Kier molecular flexibility index (Phi) is 5.40. The van der Waals surface area contributed by atoms with E-state index in [4.69, 9.17) is 4.74 Å². The number of hydrogen-bond acceptors (Lipinski definition) is 5. The number of rotatable bonds is 6. The standard InChI is InChI=1S/C18H22N4O2/c1-24-15-7-4-5-13(11-15)16-12-17(22-21-16)18(23)20-10-8-14-6-2-3-9-19-14/h2-7,9,11,16-17,21-22H,8,10,12H2,1H3,(H,20,23). The molecule has 2 atom stereocenters. The van der Waals surface area contributed by atoms with Crippen LogP contribution in [0.25, 0.3) is 0 Å². The first-order chi connectivity index (χ1) is 11.8. The molecule has 2 unspecified atom stereocenters. The van der Waals surface area contributed by atoms with Crippen molar-refractivity contribution in [2.75, 3.05) is 13.7 Å². The first kappa shape index (κ1) is 16.4. The summed E-state index contributed by atoms with van der Waals surface area (Å²) in [5, 5.41) is 2.96. The number of hydrogen-bond donors (Lipinski definition) is 3. The van der Waals surface area contributed by atoms with E-state index in [1.807, 2.05) is 42.5 Å². The number of amides is 1. The molecule has 2 aromatic rings. The van der Waals surface area contributed by atoms with Crippen molar-refractivity contribution in [3.8, 4) is 5.75 Å². The van der Waals surface area contributed by atoms with Crippen LogP contribution in [0.1, 0.15) is 23.7 Å².